The van der Waals surface area contributed by atoms with Crippen LogP contribution in [0.2, 0.25) is 0 Å². The second kappa shape index (κ2) is 7.75. The molecule has 0 radical (unpaired) electrons. The maximum Gasteiger partial charge on any atom is 0.282 e. The van der Waals surface area contributed by atoms with E-state index in [1.165, 1.54) is 4.90 Å². The number of aryl methyl sites for hydroxylation is 3. The van der Waals surface area contributed by atoms with Crippen LogP contribution in [0.25, 0.3) is 5.57 Å². The summed E-state index contributed by atoms with van der Waals surface area (Å²) in [6.45, 7) is 12.0. The zero-order chi connectivity index (χ0) is 21.6. The van der Waals surface area contributed by atoms with Crippen LogP contribution in [0, 0.1) is 32.6 Å². The number of benzene rings is 2. The Bertz CT molecular complexity index is 1030. The number of carbonyl (C=O) groups excluding carboxylic acids is 2. The molecule has 1 saturated heterocycles. The number of hydrogen-bond donors (Lipinski definition) is 0. The van der Waals surface area contributed by atoms with Gasteiger partial charge in [0.15, 0.2) is 0 Å². The standard InChI is InChI=1S/C26H30N2O2/c1-16-6-9-21(10-7-16)23-24(27-14-18(3)12-19(4)15-27)26(30)28(25(23)29)22-11-8-17(2)13-20(22)5/h6-11,13,18-19H,12,14-15H2,1-5H3. The van der Waals surface area contributed by atoms with Gasteiger partial charge in [-0.25, -0.2) is 4.90 Å². The number of piperidine rings is 1. The summed E-state index contributed by atoms with van der Waals surface area (Å²) < 4.78 is 0. The first kappa shape index (κ1) is 20.4. The summed E-state index contributed by atoms with van der Waals surface area (Å²) in [5.74, 6) is 0.540. The molecule has 2 unspecified atom stereocenters. The first-order valence-corrected chi connectivity index (χ1v) is 10.8. The molecule has 0 saturated carbocycles. The molecule has 0 spiro atoms. The first-order valence-electron chi connectivity index (χ1n) is 10.8. The Balaban J connectivity index is 1.85. The second-order valence-corrected chi connectivity index (χ2v) is 9.18. The van der Waals surface area contributed by atoms with E-state index < -0.39 is 0 Å². The molecular formula is C26H30N2O2. The van der Waals surface area contributed by atoms with Crippen molar-refractivity contribution in [3.8, 4) is 0 Å². The minimum atomic E-state index is -0.225. The van der Waals surface area contributed by atoms with E-state index in [1.807, 2.05) is 63.2 Å². The topological polar surface area (TPSA) is 40.6 Å². The van der Waals surface area contributed by atoms with Gasteiger partial charge in [-0.1, -0.05) is 61.4 Å². The van der Waals surface area contributed by atoms with Gasteiger partial charge >= 0.3 is 0 Å². The highest BCUT2D eigenvalue weighted by atomic mass is 16.2. The van der Waals surface area contributed by atoms with Crippen molar-refractivity contribution >= 4 is 23.1 Å². The maximum atomic E-state index is 13.7. The van der Waals surface area contributed by atoms with Crippen molar-refractivity contribution in [3.63, 3.8) is 0 Å². The Hall–Kier alpha value is -2.88. The normalized spacial score (nSPS) is 22.3. The first-order chi connectivity index (χ1) is 14.3. The van der Waals surface area contributed by atoms with Crippen LogP contribution < -0.4 is 4.90 Å². The summed E-state index contributed by atoms with van der Waals surface area (Å²) in [5.41, 5.74) is 5.75. The Kier molecular flexibility index (Phi) is 5.27. The molecule has 2 amide bonds. The van der Waals surface area contributed by atoms with Gasteiger partial charge in [-0.2, -0.15) is 0 Å². The Morgan fingerprint density at radius 1 is 0.800 bits per heavy atom. The van der Waals surface area contributed by atoms with E-state index in [0.29, 0.717) is 28.8 Å². The summed E-state index contributed by atoms with van der Waals surface area (Å²) >= 11 is 0. The number of nitrogens with zero attached hydrogens (tertiary/aromatic N) is 2. The summed E-state index contributed by atoms with van der Waals surface area (Å²) in [7, 11) is 0. The Labute approximate surface area is 179 Å². The zero-order valence-corrected chi connectivity index (χ0v) is 18.5. The lowest BCUT2D eigenvalue weighted by molar-refractivity contribution is -0.120. The largest absolute Gasteiger partial charge is 0.366 e. The third-order valence-electron chi connectivity index (χ3n) is 6.18. The summed E-state index contributed by atoms with van der Waals surface area (Å²) in [4.78, 5) is 30.9. The average molecular weight is 403 g/mol. The molecule has 4 heteroatoms. The minimum absolute atomic E-state index is 0.205. The SMILES string of the molecule is Cc1ccc(C2=C(N3CC(C)CC(C)C3)C(=O)N(c3ccc(C)cc3C)C2=O)cc1. The summed E-state index contributed by atoms with van der Waals surface area (Å²) in [6, 6.07) is 13.8. The number of imide groups is 1. The quantitative estimate of drug-likeness (QED) is 0.688. The molecular weight excluding hydrogens is 372 g/mol. The Morgan fingerprint density at radius 3 is 2.00 bits per heavy atom. The zero-order valence-electron chi connectivity index (χ0n) is 18.5. The summed E-state index contributed by atoms with van der Waals surface area (Å²) in [5, 5.41) is 0. The molecule has 2 heterocycles. The number of amides is 2. The van der Waals surface area contributed by atoms with E-state index in [1.54, 1.807) is 0 Å². The van der Waals surface area contributed by atoms with Crippen LogP contribution in [0.15, 0.2) is 48.2 Å². The summed E-state index contributed by atoms with van der Waals surface area (Å²) in [6.07, 6.45) is 1.15. The molecule has 0 aromatic heterocycles. The van der Waals surface area contributed by atoms with Crippen molar-refractivity contribution < 1.29 is 9.59 Å². The van der Waals surface area contributed by atoms with Crippen molar-refractivity contribution in [1.29, 1.82) is 0 Å². The Morgan fingerprint density at radius 2 is 1.40 bits per heavy atom. The number of likely N-dealkylation sites (tertiary alicyclic amines) is 1. The van der Waals surface area contributed by atoms with Crippen LogP contribution in [0.1, 0.15) is 42.5 Å². The second-order valence-electron chi connectivity index (χ2n) is 9.18. The third-order valence-corrected chi connectivity index (χ3v) is 6.18. The molecule has 4 nitrogen and oxygen atoms in total. The van der Waals surface area contributed by atoms with Crippen LogP contribution >= 0.6 is 0 Å². The van der Waals surface area contributed by atoms with Gasteiger partial charge in [0.2, 0.25) is 0 Å². The highest BCUT2D eigenvalue weighted by Gasteiger charge is 2.44. The molecule has 0 bridgehead atoms. The van der Waals surface area contributed by atoms with Gasteiger partial charge in [0.05, 0.1) is 11.3 Å². The molecule has 2 aromatic carbocycles. The van der Waals surface area contributed by atoms with E-state index >= 15 is 0 Å². The van der Waals surface area contributed by atoms with Crippen molar-refractivity contribution in [2.75, 3.05) is 18.0 Å². The fraction of sp³-hybridized carbons (Fsp3) is 0.385. The number of hydrogen-bond acceptors (Lipinski definition) is 3. The molecule has 156 valence electrons. The van der Waals surface area contributed by atoms with Crippen molar-refractivity contribution in [1.82, 2.24) is 4.90 Å². The van der Waals surface area contributed by atoms with Gasteiger partial charge in [-0.05, 0) is 56.2 Å². The van der Waals surface area contributed by atoms with Gasteiger partial charge < -0.3 is 4.90 Å². The van der Waals surface area contributed by atoms with Crippen LogP contribution in [0.5, 0.6) is 0 Å². The smallest absolute Gasteiger partial charge is 0.282 e. The lowest BCUT2D eigenvalue weighted by Gasteiger charge is -2.37. The van der Waals surface area contributed by atoms with Crippen molar-refractivity contribution in [2.24, 2.45) is 11.8 Å². The number of rotatable bonds is 3. The van der Waals surface area contributed by atoms with Crippen molar-refractivity contribution in [2.45, 2.75) is 41.0 Å². The minimum Gasteiger partial charge on any atom is -0.366 e. The van der Waals surface area contributed by atoms with E-state index in [4.69, 9.17) is 0 Å². The molecule has 2 aromatic rings. The number of anilines is 1. The molecule has 4 rings (SSSR count). The lowest BCUT2D eigenvalue weighted by atomic mass is 9.91. The monoisotopic (exact) mass is 402 g/mol. The predicted octanol–water partition coefficient (Wildman–Crippen LogP) is 4.87. The van der Waals surface area contributed by atoms with Gasteiger partial charge in [-0.15, -0.1) is 0 Å². The number of carbonyl (C=O) groups is 2. The third kappa shape index (κ3) is 3.55. The van der Waals surface area contributed by atoms with E-state index in [9.17, 15) is 9.59 Å². The highest BCUT2D eigenvalue weighted by molar-refractivity contribution is 6.45. The van der Waals surface area contributed by atoms with Crippen molar-refractivity contribution in [3.05, 3.63) is 70.4 Å². The fourth-order valence-electron chi connectivity index (χ4n) is 4.91. The molecule has 2 aliphatic rings. The lowest BCUT2D eigenvalue weighted by Crippen LogP contribution is -2.42. The van der Waals surface area contributed by atoms with Gasteiger partial charge in [0.1, 0.15) is 5.70 Å². The van der Waals surface area contributed by atoms with Gasteiger partial charge in [-0.3, -0.25) is 9.59 Å². The molecule has 0 N–H and O–H groups in total. The van der Waals surface area contributed by atoms with Crippen LogP contribution in [-0.4, -0.2) is 29.8 Å². The van der Waals surface area contributed by atoms with Crippen LogP contribution in [0.3, 0.4) is 0 Å². The maximum absolute atomic E-state index is 13.7. The van der Waals surface area contributed by atoms with Crippen LogP contribution in [0.4, 0.5) is 5.69 Å². The molecule has 2 aliphatic heterocycles. The van der Waals surface area contributed by atoms with E-state index in [0.717, 1.165) is 41.8 Å². The molecule has 2 atom stereocenters. The molecule has 30 heavy (non-hydrogen) atoms. The van der Waals surface area contributed by atoms with E-state index in [2.05, 4.69) is 18.7 Å². The van der Waals surface area contributed by atoms with Gasteiger partial charge in [0.25, 0.3) is 11.8 Å². The molecule has 0 aliphatic carbocycles. The highest BCUT2D eigenvalue weighted by Crippen LogP contribution is 2.38. The molecule has 1 fully saturated rings. The average Bonchev–Trinajstić information content (AvgIpc) is 2.92. The van der Waals surface area contributed by atoms with Gasteiger partial charge in [0, 0.05) is 13.1 Å². The fourth-order valence-corrected chi connectivity index (χ4v) is 4.91. The van der Waals surface area contributed by atoms with E-state index in [-0.39, 0.29) is 11.8 Å². The predicted molar refractivity (Wildman–Crippen MR) is 121 cm³/mol. The van der Waals surface area contributed by atoms with Crippen LogP contribution in [-0.2, 0) is 9.59 Å².